The Balaban J connectivity index is 2.20. The number of fused-ring (bicyclic) bond motifs is 1. The Morgan fingerprint density at radius 2 is 1.69 bits per heavy atom. The highest BCUT2D eigenvalue weighted by Gasteiger charge is 2.35. The lowest BCUT2D eigenvalue weighted by Crippen LogP contribution is -2.40. The Labute approximate surface area is 158 Å². The van der Waals surface area contributed by atoms with E-state index in [1.807, 2.05) is 25.9 Å². The molecule has 0 aromatic heterocycles. The molecule has 0 radical (unpaired) electrons. The van der Waals surface area contributed by atoms with Crippen molar-refractivity contribution in [3.63, 3.8) is 0 Å². The summed E-state index contributed by atoms with van der Waals surface area (Å²) in [5.74, 6) is -0.144. The molecule has 0 atom stereocenters. The lowest BCUT2D eigenvalue weighted by atomic mass is 9.96. The van der Waals surface area contributed by atoms with Gasteiger partial charge in [0.1, 0.15) is 0 Å². The minimum absolute atomic E-state index is 0.00911. The van der Waals surface area contributed by atoms with Crippen LogP contribution in [0.5, 0.6) is 0 Å². The van der Waals surface area contributed by atoms with Crippen molar-refractivity contribution in [3.8, 4) is 0 Å². The van der Waals surface area contributed by atoms with E-state index in [9.17, 15) is 13.2 Å². The number of Topliss-reactive ketones (excluding diaryl/α,β-unsaturated/α-hetero) is 1. The van der Waals surface area contributed by atoms with Gasteiger partial charge in [0.15, 0.2) is 5.78 Å². The summed E-state index contributed by atoms with van der Waals surface area (Å²) < 4.78 is 27.8. The number of benzene rings is 2. The Kier molecular flexibility index (Phi) is 4.82. The van der Waals surface area contributed by atoms with Gasteiger partial charge in [0, 0.05) is 36.0 Å². The van der Waals surface area contributed by atoms with Crippen LogP contribution < -0.4 is 4.31 Å². The molecule has 0 spiro atoms. The number of sulfonamides is 1. The van der Waals surface area contributed by atoms with Gasteiger partial charge in [-0.15, -0.1) is 0 Å². The maximum atomic E-state index is 13.2. The summed E-state index contributed by atoms with van der Waals surface area (Å²) in [6.45, 7) is 1.80. The first-order valence-electron chi connectivity index (χ1n) is 8.02. The molecule has 0 aliphatic carbocycles. The maximum Gasteiger partial charge on any atom is 0.264 e. The topological polar surface area (TPSA) is 57.7 Å². The summed E-state index contributed by atoms with van der Waals surface area (Å²) >= 11 is 5.88. The van der Waals surface area contributed by atoms with E-state index in [0.29, 0.717) is 21.8 Å². The number of rotatable bonds is 3. The fourth-order valence-electron chi connectivity index (χ4n) is 2.84. The van der Waals surface area contributed by atoms with Crippen LogP contribution in [0.3, 0.4) is 0 Å². The molecule has 26 heavy (non-hydrogen) atoms. The lowest BCUT2D eigenvalue weighted by Gasteiger charge is -2.33. The molecular formula is C19H19ClN2O3S. The predicted molar refractivity (Wildman–Crippen MR) is 103 cm³/mol. The SMILES string of the molecule is C/C(=C1\CN(S(=O)(=O)c2ccc(Cl)cc2)c2ccccc2C1=O)N(C)C. The Bertz CT molecular complexity index is 996. The third-order valence-corrected chi connectivity index (χ3v) is 6.53. The lowest BCUT2D eigenvalue weighted by molar-refractivity contribution is 0.102. The number of carbonyl (C=O) groups excluding carboxylic acids is 1. The molecule has 5 nitrogen and oxygen atoms in total. The summed E-state index contributed by atoms with van der Waals surface area (Å²) in [4.78, 5) is 14.8. The van der Waals surface area contributed by atoms with Crippen LogP contribution in [-0.2, 0) is 10.0 Å². The number of carbonyl (C=O) groups is 1. The van der Waals surface area contributed by atoms with Gasteiger partial charge in [-0.2, -0.15) is 0 Å². The zero-order valence-corrected chi connectivity index (χ0v) is 16.3. The van der Waals surface area contributed by atoms with Gasteiger partial charge in [-0.25, -0.2) is 8.42 Å². The fourth-order valence-corrected chi connectivity index (χ4v) is 4.42. The zero-order valence-electron chi connectivity index (χ0n) is 14.7. The molecule has 0 saturated heterocycles. The second kappa shape index (κ2) is 6.78. The van der Waals surface area contributed by atoms with Crippen LogP contribution in [0.2, 0.25) is 5.02 Å². The first kappa shape index (κ1) is 18.5. The molecular weight excluding hydrogens is 372 g/mol. The summed E-state index contributed by atoms with van der Waals surface area (Å²) in [5.41, 5.74) is 1.97. The molecule has 0 bridgehead atoms. The molecule has 2 aromatic rings. The van der Waals surface area contributed by atoms with E-state index in [0.717, 1.165) is 5.70 Å². The van der Waals surface area contributed by atoms with Gasteiger partial charge in [-0.1, -0.05) is 23.7 Å². The Morgan fingerprint density at radius 3 is 2.31 bits per heavy atom. The molecule has 2 aromatic carbocycles. The smallest absolute Gasteiger partial charge is 0.264 e. The van der Waals surface area contributed by atoms with Gasteiger partial charge < -0.3 is 4.90 Å². The second-order valence-corrected chi connectivity index (χ2v) is 8.57. The minimum Gasteiger partial charge on any atom is -0.381 e. The summed E-state index contributed by atoms with van der Waals surface area (Å²) in [7, 11) is -0.183. The summed E-state index contributed by atoms with van der Waals surface area (Å²) in [6.07, 6.45) is 0. The van der Waals surface area contributed by atoms with E-state index in [-0.39, 0.29) is 17.2 Å². The zero-order chi connectivity index (χ0) is 19.1. The number of halogens is 1. The molecule has 3 rings (SSSR count). The van der Waals surface area contributed by atoms with E-state index < -0.39 is 10.0 Å². The van der Waals surface area contributed by atoms with E-state index in [1.165, 1.54) is 28.6 Å². The van der Waals surface area contributed by atoms with Gasteiger partial charge in [0.05, 0.1) is 17.1 Å². The predicted octanol–water partition coefficient (Wildman–Crippen LogP) is 3.57. The van der Waals surface area contributed by atoms with Crippen LogP contribution in [0.1, 0.15) is 17.3 Å². The van der Waals surface area contributed by atoms with Crippen molar-refractivity contribution in [1.29, 1.82) is 0 Å². The molecule has 136 valence electrons. The van der Waals surface area contributed by atoms with Crippen LogP contribution >= 0.6 is 11.6 Å². The average molecular weight is 391 g/mol. The van der Waals surface area contributed by atoms with Crippen LogP contribution in [0.15, 0.2) is 64.7 Å². The maximum absolute atomic E-state index is 13.2. The van der Waals surface area contributed by atoms with E-state index in [4.69, 9.17) is 11.6 Å². The van der Waals surface area contributed by atoms with E-state index in [2.05, 4.69) is 0 Å². The van der Waals surface area contributed by atoms with Crippen molar-refractivity contribution in [2.75, 3.05) is 24.9 Å². The number of allylic oxidation sites excluding steroid dienone is 1. The summed E-state index contributed by atoms with van der Waals surface area (Å²) in [6, 6.07) is 12.8. The van der Waals surface area contributed by atoms with Crippen LogP contribution in [0.4, 0.5) is 5.69 Å². The first-order valence-corrected chi connectivity index (χ1v) is 9.84. The molecule has 7 heteroatoms. The largest absolute Gasteiger partial charge is 0.381 e. The standard InChI is InChI=1S/C19H19ClN2O3S/c1-13(21(2)3)17-12-22(18-7-5-4-6-16(18)19(17)23)26(24,25)15-10-8-14(20)9-11-15/h4-11H,12H2,1-3H3/b17-13-. The third kappa shape index (κ3) is 3.10. The monoisotopic (exact) mass is 390 g/mol. The number of hydrogen-bond acceptors (Lipinski definition) is 4. The highest BCUT2D eigenvalue weighted by Crippen LogP contribution is 2.35. The van der Waals surface area contributed by atoms with Crippen molar-refractivity contribution >= 4 is 33.1 Å². The van der Waals surface area contributed by atoms with E-state index in [1.54, 1.807) is 24.3 Å². The third-order valence-electron chi connectivity index (χ3n) is 4.50. The average Bonchev–Trinajstić information content (AvgIpc) is 2.62. The molecule has 0 unspecified atom stereocenters. The molecule has 1 aliphatic rings. The van der Waals surface area contributed by atoms with Crippen molar-refractivity contribution in [1.82, 2.24) is 4.90 Å². The molecule has 0 N–H and O–H groups in total. The Hall–Kier alpha value is -2.31. The van der Waals surface area contributed by atoms with Gasteiger partial charge in [0.25, 0.3) is 10.0 Å². The Morgan fingerprint density at radius 1 is 1.08 bits per heavy atom. The quantitative estimate of drug-likeness (QED) is 0.752. The van der Waals surface area contributed by atoms with Crippen molar-refractivity contribution in [2.24, 2.45) is 0 Å². The fraction of sp³-hybridized carbons (Fsp3) is 0.211. The first-order chi connectivity index (χ1) is 12.2. The molecule has 0 fully saturated rings. The van der Waals surface area contributed by atoms with Crippen LogP contribution in [-0.4, -0.2) is 39.7 Å². The van der Waals surface area contributed by atoms with Gasteiger partial charge in [-0.05, 0) is 43.3 Å². The number of ketones is 1. The van der Waals surface area contributed by atoms with Gasteiger partial charge in [0.2, 0.25) is 0 Å². The number of anilines is 1. The highest BCUT2D eigenvalue weighted by molar-refractivity contribution is 7.92. The van der Waals surface area contributed by atoms with Crippen LogP contribution in [0, 0.1) is 0 Å². The second-order valence-electron chi connectivity index (χ2n) is 6.27. The number of hydrogen-bond donors (Lipinski definition) is 0. The molecule has 1 aliphatic heterocycles. The van der Waals surface area contributed by atoms with Crippen molar-refractivity contribution in [2.45, 2.75) is 11.8 Å². The summed E-state index contributed by atoms with van der Waals surface area (Å²) in [5, 5.41) is 0.460. The van der Waals surface area contributed by atoms with Gasteiger partial charge in [-0.3, -0.25) is 9.10 Å². The number of para-hydroxylation sites is 1. The highest BCUT2D eigenvalue weighted by atomic mass is 35.5. The van der Waals surface area contributed by atoms with Gasteiger partial charge >= 0.3 is 0 Å². The van der Waals surface area contributed by atoms with Crippen molar-refractivity contribution in [3.05, 3.63) is 70.4 Å². The van der Waals surface area contributed by atoms with Crippen molar-refractivity contribution < 1.29 is 13.2 Å². The minimum atomic E-state index is -3.84. The van der Waals surface area contributed by atoms with Crippen LogP contribution in [0.25, 0.3) is 0 Å². The number of nitrogens with zero attached hydrogens (tertiary/aromatic N) is 2. The molecule has 1 heterocycles. The normalized spacial score (nSPS) is 16.3. The molecule has 0 amide bonds. The van der Waals surface area contributed by atoms with E-state index >= 15 is 0 Å². The molecule has 0 saturated carbocycles.